The number of hydrogen-bond donors (Lipinski definition) is 1. The number of nitrogens with one attached hydrogen (secondary N) is 1. The molecule has 2 aromatic rings. The second kappa shape index (κ2) is 6.61. The highest BCUT2D eigenvalue weighted by molar-refractivity contribution is 9.10. The van der Waals surface area contributed by atoms with Crippen LogP contribution in [-0.4, -0.2) is 16.5 Å². The van der Waals surface area contributed by atoms with E-state index in [1.807, 2.05) is 24.5 Å². The van der Waals surface area contributed by atoms with E-state index in [4.69, 9.17) is 0 Å². The van der Waals surface area contributed by atoms with Gasteiger partial charge in [-0.05, 0) is 46.2 Å². The van der Waals surface area contributed by atoms with E-state index >= 15 is 0 Å². The molecule has 4 heteroatoms. The third-order valence-electron chi connectivity index (χ3n) is 2.72. The van der Waals surface area contributed by atoms with Crippen LogP contribution in [0.1, 0.15) is 24.2 Å². The van der Waals surface area contributed by atoms with Gasteiger partial charge >= 0.3 is 0 Å². The van der Waals surface area contributed by atoms with Gasteiger partial charge in [0.2, 0.25) is 0 Å². The van der Waals surface area contributed by atoms with E-state index < -0.39 is 0 Å². The van der Waals surface area contributed by atoms with Crippen molar-refractivity contribution < 1.29 is 0 Å². The summed E-state index contributed by atoms with van der Waals surface area (Å²) in [4.78, 5) is 8.60. The van der Waals surface area contributed by atoms with Crippen LogP contribution in [0.2, 0.25) is 0 Å². The van der Waals surface area contributed by atoms with E-state index in [0.29, 0.717) is 0 Å². The molecular weight excluding hydrogens is 290 g/mol. The van der Waals surface area contributed by atoms with Crippen LogP contribution in [-0.2, 0) is 6.42 Å². The molecule has 2 rings (SSSR count). The van der Waals surface area contributed by atoms with Gasteiger partial charge in [-0.1, -0.05) is 13.0 Å². The van der Waals surface area contributed by atoms with Crippen molar-refractivity contribution in [3.8, 4) is 0 Å². The fraction of sp³-hybridized carbons (Fsp3) is 0.286. The third-order valence-corrected chi connectivity index (χ3v) is 3.15. The van der Waals surface area contributed by atoms with Gasteiger partial charge in [-0.25, -0.2) is 0 Å². The Morgan fingerprint density at radius 2 is 2.22 bits per heavy atom. The van der Waals surface area contributed by atoms with Gasteiger partial charge in [0.05, 0.1) is 0 Å². The largest absolute Gasteiger partial charge is 0.310 e. The summed E-state index contributed by atoms with van der Waals surface area (Å²) in [5.41, 5.74) is 2.26. The van der Waals surface area contributed by atoms with Gasteiger partial charge < -0.3 is 5.32 Å². The highest BCUT2D eigenvalue weighted by Gasteiger charge is 2.12. The van der Waals surface area contributed by atoms with Gasteiger partial charge in [-0.2, -0.15) is 0 Å². The maximum Gasteiger partial charge on any atom is 0.0422 e. The maximum atomic E-state index is 4.38. The number of likely N-dealkylation sites (N-methyl/N-ethyl adjacent to an activating group) is 1. The summed E-state index contributed by atoms with van der Waals surface area (Å²) in [5, 5.41) is 3.47. The van der Waals surface area contributed by atoms with E-state index in [1.54, 1.807) is 6.20 Å². The molecule has 0 aliphatic carbocycles. The zero-order valence-electron chi connectivity index (χ0n) is 10.3. The van der Waals surface area contributed by atoms with Gasteiger partial charge in [-0.15, -0.1) is 0 Å². The van der Waals surface area contributed by atoms with Crippen LogP contribution in [0.3, 0.4) is 0 Å². The van der Waals surface area contributed by atoms with Crippen molar-refractivity contribution in [2.45, 2.75) is 19.4 Å². The smallest absolute Gasteiger partial charge is 0.0422 e. The zero-order valence-corrected chi connectivity index (χ0v) is 11.9. The fourth-order valence-electron chi connectivity index (χ4n) is 1.90. The van der Waals surface area contributed by atoms with Crippen molar-refractivity contribution in [3.63, 3.8) is 0 Å². The van der Waals surface area contributed by atoms with Gasteiger partial charge in [0.15, 0.2) is 0 Å². The molecule has 0 bridgehead atoms. The lowest BCUT2D eigenvalue weighted by atomic mass is 10.0. The second-order valence-corrected chi connectivity index (χ2v) is 4.99. The molecule has 0 saturated carbocycles. The Morgan fingerprint density at radius 1 is 1.33 bits per heavy atom. The summed E-state index contributed by atoms with van der Waals surface area (Å²) in [6.45, 7) is 3.03. The van der Waals surface area contributed by atoms with Crippen LogP contribution in [0, 0.1) is 0 Å². The van der Waals surface area contributed by atoms with Crippen molar-refractivity contribution in [1.29, 1.82) is 0 Å². The molecule has 0 aliphatic rings. The average molecular weight is 306 g/mol. The zero-order chi connectivity index (χ0) is 12.8. The molecule has 0 saturated heterocycles. The highest BCUT2D eigenvalue weighted by atomic mass is 79.9. The standard InChI is InChI=1S/C14H16BrN3/c1-2-17-14(8-13-5-3-4-6-18-13)11-7-12(15)10-16-9-11/h3-7,9-10,14,17H,2,8H2,1H3. The van der Waals surface area contributed by atoms with Crippen LogP contribution < -0.4 is 5.32 Å². The van der Waals surface area contributed by atoms with E-state index in [0.717, 1.165) is 23.1 Å². The molecule has 0 fully saturated rings. The third kappa shape index (κ3) is 3.62. The SMILES string of the molecule is CCNC(Cc1ccccn1)c1cncc(Br)c1. The first-order valence-corrected chi connectivity index (χ1v) is 6.82. The molecule has 0 aliphatic heterocycles. The Kier molecular flexibility index (Phi) is 4.84. The Balaban J connectivity index is 2.18. The molecule has 0 spiro atoms. The molecule has 1 unspecified atom stereocenters. The Hall–Kier alpha value is -1.26. The first-order valence-electron chi connectivity index (χ1n) is 6.03. The predicted molar refractivity (Wildman–Crippen MR) is 76.3 cm³/mol. The van der Waals surface area contributed by atoms with Crippen LogP contribution in [0.25, 0.3) is 0 Å². The van der Waals surface area contributed by atoms with Crippen molar-refractivity contribution in [2.75, 3.05) is 6.54 Å². The van der Waals surface area contributed by atoms with E-state index in [-0.39, 0.29) is 6.04 Å². The van der Waals surface area contributed by atoms with Gasteiger partial charge in [0, 0.05) is 41.2 Å². The Morgan fingerprint density at radius 3 is 2.89 bits per heavy atom. The lowest BCUT2D eigenvalue weighted by Gasteiger charge is -2.17. The van der Waals surface area contributed by atoms with Crippen molar-refractivity contribution in [3.05, 3.63) is 58.6 Å². The summed E-state index contributed by atoms with van der Waals surface area (Å²) >= 11 is 3.46. The molecule has 2 aromatic heterocycles. The number of halogens is 1. The lowest BCUT2D eigenvalue weighted by Crippen LogP contribution is -2.23. The minimum Gasteiger partial charge on any atom is -0.310 e. The topological polar surface area (TPSA) is 37.8 Å². The molecule has 0 aromatic carbocycles. The maximum absolute atomic E-state index is 4.38. The quantitative estimate of drug-likeness (QED) is 0.922. The summed E-state index contributed by atoms with van der Waals surface area (Å²) in [7, 11) is 0. The van der Waals surface area contributed by atoms with E-state index in [2.05, 4.69) is 50.3 Å². The Bertz CT molecular complexity index is 487. The Labute approximate surface area is 116 Å². The van der Waals surface area contributed by atoms with Crippen LogP contribution in [0.4, 0.5) is 0 Å². The second-order valence-electron chi connectivity index (χ2n) is 4.07. The molecule has 18 heavy (non-hydrogen) atoms. The van der Waals surface area contributed by atoms with Crippen molar-refractivity contribution >= 4 is 15.9 Å². The molecular formula is C14H16BrN3. The first kappa shape index (κ1) is 13.2. The minimum atomic E-state index is 0.245. The number of hydrogen-bond acceptors (Lipinski definition) is 3. The molecule has 2 heterocycles. The summed E-state index contributed by atoms with van der Waals surface area (Å²) < 4.78 is 1.00. The van der Waals surface area contributed by atoms with Gasteiger partial charge in [-0.3, -0.25) is 9.97 Å². The number of pyridine rings is 2. The molecule has 3 nitrogen and oxygen atoms in total. The van der Waals surface area contributed by atoms with Crippen LogP contribution in [0.5, 0.6) is 0 Å². The van der Waals surface area contributed by atoms with E-state index in [9.17, 15) is 0 Å². The average Bonchev–Trinajstić information content (AvgIpc) is 2.39. The normalized spacial score (nSPS) is 12.3. The summed E-state index contributed by atoms with van der Waals surface area (Å²) in [6.07, 6.45) is 6.40. The summed E-state index contributed by atoms with van der Waals surface area (Å²) in [5.74, 6) is 0. The summed E-state index contributed by atoms with van der Waals surface area (Å²) in [6, 6.07) is 8.35. The van der Waals surface area contributed by atoms with Crippen molar-refractivity contribution in [1.82, 2.24) is 15.3 Å². The minimum absolute atomic E-state index is 0.245. The number of rotatable bonds is 5. The van der Waals surface area contributed by atoms with Crippen molar-refractivity contribution in [2.24, 2.45) is 0 Å². The van der Waals surface area contributed by atoms with E-state index in [1.165, 1.54) is 5.56 Å². The van der Waals surface area contributed by atoms with Gasteiger partial charge in [0.1, 0.15) is 0 Å². The van der Waals surface area contributed by atoms with Gasteiger partial charge in [0.25, 0.3) is 0 Å². The molecule has 1 N–H and O–H groups in total. The van der Waals surface area contributed by atoms with Crippen LogP contribution >= 0.6 is 15.9 Å². The number of nitrogens with zero attached hydrogens (tertiary/aromatic N) is 2. The highest BCUT2D eigenvalue weighted by Crippen LogP contribution is 2.19. The lowest BCUT2D eigenvalue weighted by molar-refractivity contribution is 0.542. The monoisotopic (exact) mass is 305 g/mol. The molecule has 0 radical (unpaired) electrons. The van der Waals surface area contributed by atoms with Crippen LogP contribution in [0.15, 0.2) is 47.3 Å². The fourth-order valence-corrected chi connectivity index (χ4v) is 2.28. The predicted octanol–water partition coefficient (Wildman–Crippen LogP) is 3.13. The molecule has 94 valence electrons. The first-order chi connectivity index (χ1) is 8.79. The molecule has 1 atom stereocenters. The number of aromatic nitrogens is 2. The molecule has 0 amide bonds.